The quantitative estimate of drug-likeness (QED) is 0.515. The normalized spacial score (nSPS) is 22.9. The SMILES string of the molecule is O=C=C1CN2C(=O)[C@@H](N(C(=O)O)[C@@]3(C(=O)Nc4ccc(Br)cc4)CCCN3)CCc3cccc1c32. The summed E-state index contributed by atoms with van der Waals surface area (Å²) in [7, 11) is 0. The fourth-order valence-electron chi connectivity index (χ4n) is 5.36. The standard InChI is InChI=1S/C25H23BrN4O5/c26-17-6-8-18(9-7-17)28-23(33)25(11-2-12-27-25)30(24(34)35)20-10-5-15-3-1-4-19-16(14-31)13-29(21(15)19)22(20)32/h1,3-4,6-9,20,27H,2,5,10-13H2,(H,28,33)(H,34,35)/t20-,25+/m0/s1. The highest BCUT2D eigenvalue weighted by Gasteiger charge is 2.54. The molecule has 180 valence electrons. The molecule has 1 fully saturated rings. The van der Waals surface area contributed by atoms with Crippen LogP contribution in [0.1, 0.15) is 30.4 Å². The number of para-hydroxylation sites is 1. The molecular formula is C25H23BrN4O5. The predicted molar refractivity (Wildman–Crippen MR) is 133 cm³/mol. The van der Waals surface area contributed by atoms with Crippen molar-refractivity contribution in [2.24, 2.45) is 0 Å². The van der Waals surface area contributed by atoms with Crippen LogP contribution in [0.25, 0.3) is 5.57 Å². The van der Waals surface area contributed by atoms with Crippen LogP contribution in [0.3, 0.4) is 0 Å². The maximum Gasteiger partial charge on any atom is 0.409 e. The Morgan fingerprint density at radius 3 is 2.66 bits per heavy atom. The van der Waals surface area contributed by atoms with Crippen molar-refractivity contribution in [1.82, 2.24) is 10.2 Å². The molecule has 3 aliphatic heterocycles. The van der Waals surface area contributed by atoms with Gasteiger partial charge >= 0.3 is 6.09 Å². The maximum atomic E-state index is 13.8. The van der Waals surface area contributed by atoms with E-state index in [1.807, 2.05) is 18.1 Å². The topological polar surface area (TPSA) is 119 Å². The molecular weight excluding hydrogens is 516 g/mol. The number of nitrogens with one attached hydrogen (secondary N) is 2. The highest BCUT2D eigenvalue weighted by Crippen LogP contribution is 2.42. The number of nitrogens with zero attached hydrogens (tertiary/aromatic N) is 2. The average Bonchev–Trinajstić information content (AvgIpc) is 3.45. The smallest absolute Gasteiger partial charge is 0.409 e. The number of carboxylic acid groups (broad SMARTS) is 1. The number of amides is 3. The molecule has 1 saturated heterocycles. The van der Waals surface area contributed by atoms with Crippen LogP contribution in [0.4, 0.5) is 16.2 Å². The highest BCUT2D eigenvalue weighted by molar-refractivity contribution is 9.10. The van der Waals surface area contributed by atoms with Crippen molar-refractivity contribution in [3.63, 3.8) is 0 Å². The average molecular weight is 539 g/mol. The lowest BCUT2D eigenvalue weighted by atomic mass is 9.97. The van der Waals surface area contributed by atoms with Gasteiger partial charge < -0.3 is 15.3 Å². The lowest BCUT2D eigenvalue weighted by Gasteiger charge is -2.42. The van der Waals surface area contributed by atoms with Gasteiger partial charge in [-0.05, 0) is 62.1 Å². The van der Waals surface area contributed by atoms with Crippen LogP contribution in [-0.2, 0) is 20.8 Å². The van der Waals surface area contributed by atoms with E-state index in [1.54, 1.807) is 30.3 Å². The van der Waals surface area contributed by atoms with Crippen molar-refractivity contribution in [2.45, 2.75) is 37.4 Å². The van der Waals surface area contributed by atoms with E-state index in [0.717, 1.165) is 14.9 Å². The van der Waals surface area contributed by atoms with Gasteiger partial charge in [0, 0.05) is 15.7 Å². The van der Waals surface area contributed by atoms with Gasteiger partial charge in [0.15, 0.2) is 5.66 Å². The van der Waals surface area contributed by atoms with Crippen molar-refractivity contribution < 1.29 is 24.3 Å². The first-order valence-corrected chi connectivity index (χ1v) is 12.2. The van der Waals surface area contributed by atoms with Crippen LogP contribution in [0.2, 0.25) is 0 Å². The molecule has 35 heavy (non-hydrogen) atoms. The summed E-state index contributed by atoms with van der Waals surface area (Å²) in [6, 6.07) is 11.3. The lowest BCUT2D eigenvalue weighted by molar-refractivity contribution is -0.135. The van der Waals surface area contributed by atoms with Gasteiger partial charge in [-0.25, -0.2) is 9.59 Å². The van der Waals surface area contributed by atoms with E-state index in [4.69, 9.17) is 0 Å². The van der Waals surface area contributed by atoms with Gasteiger partial charge in [0.2, 0.25) is 5.91 Å². The van der Waals surface area contributed by atoms with Crippen LogP contribution in [0.15, 0.2) is 46.9 Å². The Morgan fingerprint density at radius 1 is 1.23 bits per heavy atom. The molecule has 3 aliphatic rings. The van der Waals surface area contributed by atoms with E-state index in [2.05, 4.69) is 26.6 Å². The molecule has 3 amide bonds. The number of rotatable bonds is 4. The van der Waals surface area contributed by atoms with Crippen LogP contribution < -0.4 is 15.5 Å². The van der Waals surface area contributed by atoms with Gasteiger partial charge in [-0.2, -0.15) is 0 Å². The van der Waals surface area contributed by atoms with Crippen LogP contribution in [0, 0.1) is 0 Å². The minimum atomic E-state index is -1.61. The summed E-state index contributed by atoms with van der Waals surface area (Å²) >= 11 is 3.36. The van der Waals surface area contributed by atoms with Crippen LogP contribution in [-0.4, -0.2) is 58.6 Å². The summed E-state index contributed by atoms with van der Waals surface area (Å²) in [5, 5.41) is 16.3. The number of carbonyl (C=O) groups excluding carboxylic acids is 3. The van der Waals surface area contributed by atoms with E-state index in [9.17, 15) is 24.3 Å². The van der Waals surface area contributed by atoms with Gasteiger partial charge in [0.25, 0.3) is 5.91 Å². The second-order valence-electron chi connectivity index (χ2n) is 8.88. The number of hydrogen-bond donors (Lipinski definition) is 3. The van der Waals surface area contributed by atoms with Crippen molar-refractivity contribution in [3.8, 4) is 0 Å². The van der Waals surface area contributed by atoms with E-state index < -0.39 is 29.6 Å². The Morgan fingerprint density at radius 2 is 2.00 bits per heavy atom. The first-order valence-electron chi connectivity index (χ1n) is 11.4. The highest BCUT2D eigenvalue weighted by atomic mass is 79.9. The molecule has 3 N–H and O–H groups in total. The number of aryl methyl sites for hydroxylation is 1. The Hall–Kier alpha value is -3.46. The monoisotopic (exact) mass is 538 g/mol. The number of hydrogen-bond acceptors (Lipinski definition) is 5. The molecule has 0 aliphatic carbocycles. The molecule has 9 nitrogen and oxygen atoms in total. The third kappa shape index (κ3) is 3.83. The predicted octanol–water partition coefficient (Wildman–Crippen LogP) is 3.02. The van der Waals surface area contributed by atoms with E-state index >= 15 is 0 Å². The van der Waals surface area contributed by atoms with Crippen LogP contribution >= 0.6 is 15.9 Å². The Kier molecular flexibility index (Phi) is 5.96. The fraction of sp³-hybridized carbons (Fsp3) is 0.320. The van der Waals surface area contributed by atoms with Crippen molar-refractivity contribution in [3.05, 3.63) is 58.1 Å². The second-order valence-corrected chi connectivity index (χ2v) is 9.79. The van der Waals surface area contributed by atoms with E-state index in [-0.39, 0.29) is 19.4 Å². The first kappa shape index (κ1) is 23.3. The third-order valence-electron chi connectivity index (χ3n) is 6.93. The largest absolute Gasteiger partial charge is 0.465 e. The fourth-order valence-corrected chi connectivity index (χ4v) is 5.62. The molecule has 2 aromatic carbocycles. The number of halogens is 1. The van der Waals surface area contributed by atoms with Gasteiger partial charge in [0.05, 0.1) is 17.8 Å². The molecule has 0 bridgehead atoms. The maximum absolute atomic E-state index is 13.8. The zero-order valence-corrected chi connectivity index (χ0v) is 20.3. The molecule has 3 heterocycles. The summed E-state index contributed by atoms with van der Waals surface area (Å²) < 4.78 is 0.841. The summed E-state index contributed by atoms with van der Waals surface area (Å²) in [4.78, 5) is 54.1. The molecule has 0 unspecified atom stereocenters. The van der Waals surface area contributed by atoms with Crippen LogP contribution in [0.5, 0.6) is 0 Å². The molecule has 0 saturated carbocycles. The summed E-state index contributed by atoms with van der Waals surface area (Å²) in [6.45, 7) is 0.467. The van der Waals surface area contributed by atoms with Crippen molar-refractivity contribution >= 4 is 56.7 Å². The van der Waals surface area contributed by atoms with Gasteiger partial charge in [0.1, 0.15) is 12.0 Å². The number of carbonyl (C=O) groups is 3. The minimum Gasteiger partial charge on any atom is -0.465 e. The summed E-state index contributed by atoms with van der Waals surface area (Å²) in [6.07, 6.45) is 0.0809. The van der Waals surface area contributed by atoms with E-state index in [1.165, 1.54) is 4.90 Å². The van der Waals surface area contributed by atoms with E-state index in [0.29, 0.717) is 41.9 Å². The Balaban J connectivity index is 1.53. The summed E-state index contributed by atoms with van der Waals surface area (Å²) in [5.41, 5.74) is 1.41. The lowest BCUT2D eigenvalue weighted by Crippen LogP contribution is -2.69. The number of benzene rings is 2. The molecule has 10 heteroatoms. The third-order valence-corrected chi connectivity index (χ3v) is 7.46. The first-order chi connectivity index (χ1) is 16.9. The molecule has 0 spiro atoms. The molecule has 5 rings (SSSR count). The summed E-state index contributed by atoms with van der Waals surface area (Å²) in [5.74, 6) is 0.935. The molecule has 0 radical (unpaired) electrons. The molecule has 2 atom stereocenters. The Labute approximate surface area is 209 Å². The number of anilines is 2. The zero-order chi connectivity index (χ0) is 24.7. The molecule has 2 aromatic rings. The van der Waals surface area contributed by atoms with Gasteiger partial charge in [-0.1, -0.05) is 34.1 Å². The second kappa shape index (κ2) is 8.96. The molecule has 0 aromatic heterocycles. The van der Waals surface area contributed by atoms with Crippen molar-refractivity contribution in [2.75, 3.05) is 23.3 Å². The minimum absolute atomic E-state index is 0.0319. The Bertz CT molecular complexity index is 1270. The van der Waals surface area contributed by atoms with Gasteiger partial charge in [-0.3, -0.25) is 19.8 Å². The van der Waals surface area contributed by atoms with Gasteiger partial charge in [-0.15, -0.1) is 0 Å². The van der Waals surface area contributed by atoms with Crippen molar-refractivity contribution in [1.29, 1.82) is 0 Å². The zero-order valence-electron chi connectivity index (χ0n) is 18.7.